The molecule has 8 aromatic carbocycles. The number of para-hydroxylation sites is 2. The van der Waals surface area contributed by atoms with Crippen LogP contribution in [0.5, 0.6) is 0 Å². The van der Waals surface area contributed by atoms with Crippen molar-refractivity contribution in [2.75, 3.05) is 4.90 Å². The SMILES string of the molecule is Fc1cc(Cn2c3ccccc3c3cc(N(c4ccc5ccccc5c4)c4ccc5c(c4)c4ccccc4n5Cc4cc(F)c(F)c(F)c4)ccc32)cc(F)c1F. The lowest BCUT2D eigenvalue weighted by atomic mass is 10.1. The van der Waals surface area contributed by atoms with Crippen molar-refractivity contribution in [3.8, 4) is 0 Å². The smallest absolute Gasteiger partial charge is 0.194 e. The Morgan fingerprint density at radius 2 is 0.737 bits per heavy atom. The number of benzene rings is 8. The molecule has 0 saturated carbocycles. The van der Waals surface area contributed by atoms with E-state index < -0.39 is 34.9 Å². The Labute approximate surface area is 321 Å². The Morgan fingerprint density at radius 3 is 1.23 bits per heavy atom. The number of aromatic nitrogens is 2. The summed E-state index contributed by atoms with van der Waals surface area (Å²) in [6.07, 6.45) is 0. The zero-order valence-electron chi connectivity index (χ0n) is 30.0. The monoisotopic (exact) mass is 761 g/mol. The van der Waals surface area contributed by atoms with Crippen LogP contribution in [-0.4, -0.2) is 9.13 Å². The molecule has 0 spiro atoms. The van der Waals surface area contributed by atoms with Crippen LogP contribution in [0.2, 0.25) is 0 Å². The first-order valence-electron chi connectivity index (χ1n) is 18.3. The van der Waals surface area contributed by atoms with Gasteiger partial charge in [0.1, 0.15) is 0 Å². The van der Waals surface area contributed by atoms with Gasteiger partial charge in [0, 0.05) is 73.8 Å². The van der Waals surface area contributed by atoms with Crippen LogP contribution in [0, 0.1) is 34.9 Å². The molecule has 2 aromatic heterocycles. The Kier molecular flexibility index (Phi) is 8.07. The van der Waals surface area contributed by atoms with E-state index in [1.807, 2.05) is 94.1 Å². The van der Waals surface area contributed by atoms with Crippen LogP contribution in [0.1, 0.15) is 11.1 Å². The Morgan fingerprint density at radius 1 is 0.351 bits per heavy atom. The summed E-state index contributed by atoms with van der Waals surface area (Å²) in [4.78, 5) is 2.17. The van der Waals surface area contributed by atoms with E-state index in [0.29, 0.717) is 0 Å². The minimum absolute atomic E-state index is 0.115. The minimum Gasteiger partial charge on any atom is -0.336 e. The summed E-state index contributed by atoms with van der Waals surface area (Å²) < 4.78 is 88.9. The van der Waals surface area contributed by atoms with E-state index in [1.165, 1.54) is 0 Å². The van der Waals surface area contributed by atoms with Gasteiger partial charge in [0.25, 0.3) is 0 Å². The number of rotatable bonds is 7. The molecule has 0 bridgehead atoms. The Balaban J connectivity index is 1.16. The van der Waals surface area contributed by atoms with Gasteiger partial charge in [-0.1, -0.05) is 66.7 Å². The number of nitrogens with zero attached hydrogens (tertiary/aromatic N) is 3. The third kappa shape index (κ3) is 5.77. The van der Waals surface area contributed by atoms with Crippen LogP contribution in [0.4, 0.5) is 43.4 Å². The van der Waals surface area contributed by atoms with Gasteiger partial charge >= 0.3 is 0 Å². The standard InChI is InChI=1S/C48H29F6N3/c49-39-19-28(20-40(50)47(39)53)26-55-43-11-5-3-9-35(43)37-24-33(15-17-45(37)55)57(32-14-13-30-7-1-2-8-31(30)23-32)34-16-18-46-38(25-34)36-10-4-6-12-44(36)56(46)27-29-21-41(51)48(54)42(52)22-29/h1-25H,26-27H2. The van der Waals surface area contributed by atoms with Crippen molar-refractivity contribution in [2.45, 2.75) is 13.1 Å². The average Bonchev–Trinajstić information content (AvgIpc) is 3.70. The molecule has 0 amide bonds. The molecule has 0 aliphatic carbocycles. The molecular formula is C48H29F6N3. The number of hydrogen-bond donors (Lipinski definition) is 0. The second-order valence-corrected chi connectivity index (χ2v) is 14.2. The summed E-state index contributed by atoms with van der Waals surface area (Å²) in [5.41, 5.74) is 6.53. The van der Waals surface area contributed by atoms with E-state index in [4.69, 9.17) is 0 Å². The maximum absolute atomic E-state index is 14.3. The molecule has 10 rings (SSSR count). The quantitative estimate of drug-likeness (QED) is 0.116. The summed E-state index contributed by atoms with van der Waals surface area (Å²) in [7, 11) is 0. The van der Waals surface area contributed by atoms with Crippen LogP contribution in [-0.2, 0) is 13.1 Å². The second-order valence-electron chi connectivity index (χ2n) is 14.2. The third-order valence-electron chi connectivity index (χ3n) is 10.8. The fourth-order valence-electron chi connectivity index (χ4n) is 8.23. The van der Waals surface area contributed by atoms with E-state index in [-0.39, 0.29) is 24.2 Å². The molecule has 278 valence electrons. The highest BCUT2D eigenvalue weighted by Gasteiger charge is 2.21. The van der Waals surface area contributed by atoms with Gasteiger partial charge in [0.15, 0.2) is 34.9 Å². The van der Waals surface area contributed by atoms with Gasteiger partial charge in [-0.3, -0.25) is 0 Å². The van der Waals surface area contributed by atoms with Crippen LogP contribution in [0.25, 0.3) is 54.4 Å². The lowest BCUT2D eigenvalue weighted by Gasteiger charge is -2.26. The molecule has 2 heterocycles. The molecule has 0 aliphatic rings. The van der Waals surface area contributed by atoms with Crippen molar-refractivity contribution in [1.29, 1.82) is 0 Å². The summed E-state index contributed by atoms with van der Waals surface area (Å²) in [6, 6.07) is 46.3. The summed E-state index contributed by atoms with van der Waals surface area (Å²) in [5, 5.41) is 5.82. The van der Waals surface area contributed by atoms with Crippen molar-refractivity contribution < 1.29 is 26.3 Å². The van der Waals surface area contributed by atoms with E-state index in [9.17, 15) is 26.3 Å². The number of hydrogen-bond acceptors (Lipinski definition) is 1. The van der Waals surface area contributed by atoms with Gasteiger partial charge in [-0.05, 0) is 107 Å². The Bertz CT molecular complexity index is 3010. The van der Waals surface area contributed by atoms with Gasteiger partial charge in [-0.2, -0.15) is 0 Å². The van der Waals surface area contributed by atoms with Gasteiger partial charge in [-0.25, -0.2) is 26.3 Å². The predicted octanol–water partition coefficient (Wildman–Crippen LogP) is 13.5. The number of halogens is 6. The van der Waals surface area contributed by atoms with E-state index >= 15 is 0 Å². The molecule has 0 saturated heterocycles. The molecule has 3 nitrogen and oxygen atoms in total. The fraction of sp³-hybridized carbons (Fsp3) is 0.0417. The lowest BCUT2D eigenvalue weighted by Crippen LogP contribution is -2.10. The van der Waals surface area contributed by atoms with Crippen LogP contribution >= 0.6 is 0 Å². The molecular weight excluding hydrogens is 733 g/mol. The molecule has 9 heteroatoms. The normalized spacial score (nSPS) is 11.8. The molecule has 0 atom stereocenters. The summed E-state index contributed by atoms with van der Waals surface area (Å²) in [6.45, 7) is 0.230. The first kappa shape index (κ1) is 34.5. The second kappa shape index (κ2) is 13.3. The van der Waals surface area contributed by atoms with E-state index in [2.05, 4.69) is 47.4 Å². The molecule has 0 fully saturated rings. The van der Waals surface area contributed by atoms with Crippen LogP contribution in [0.3, 0.4) is 0 Å². The lowest BCUT2D eigenvalue weighted by molar-refractivity contribution is 0.445. The highest BCUT2D eigenvalue weighted by Crippen LogP contribution is 2.42. The van der Waals surface area contributed by atoms with Gasteiger partial charge in [0.05, 0.1) is 0 Å². The molecule has 0 N–H and O–H groups in total. The third-order valence-corrected chi connectivity index (χ3v) is 10.8. The maximum Gasteiger partial charge on any atom is 0.194 e. The molecule has 10 aromatic rings. The van der Waals surface area contributed by atoms with Crippen molar-refractivity contribution in [3.63, 3.8) is 0 Å². The molecule has 0 aliphatic heterocycles. The predicted molar refractivity (Wildman–Crippen MR) is 215 cm³/mol. The van der Waals surface area contributed by atoms with Crippen molar-refractivity contribution in [1.82, 2.24) is 9.13 Å². The first-order chi connectivity index (χ1) is 27.7. The number of fused-ring (bicyclic) bond motifs is 7. The van der Waals surface area contributed by atoms with Gasteiger partial charge in [-0.15, -0.1) is 0 Å². The molecule has 57 heavy (non-hydrogen) atoms. The first-order valence-corrected chi connectivity index (χ1v) is 18.3. The zero-order chi connectivity index (χ0) is 38.9. The van der Waals surface area contributed by atoms with Crippen LogP contribution < -0.4 is 4.90 Å². The van der Waals surface area contributed by atoms with Crippen molar-refractivity contribution in [2.24, 2.45) is 0 Å². The van der Waals surface area contributed by atoms with E-state index in [1.54, 1.807) is 0 Å². The average molecular weight is 762 g/mol. The van der Waals surface area contributed by atoms with Crippen molar-refractivity contribution in [3.05, 3.63) is 198 Å². The molecule has 0 unspecified atom stereocenters. The zero-order valence-corrected chi connectivity index (χ0v) is 30.0. The highest BCUT2D eigenvalue weighted by molar-refractivity contribution is 6.11. The van der Waals surface area contributed by atoms with Gasteiger partial charge < -0.3 is 14.0 Å². The summed E-state index contributed by atoms with van der Waals surface area (Å²) in [5.74, 6) is -7.95. The van der Waals surface area contributed by atoms with E-state index in [0.717, 1.165) is 95.7 Å². The topological polar surface area (TPSA) is 13.1 Å². The van der Waals surface area contributed by atoms with Crippen molar-refractivity contribution >= 4 is 71.4 Å². The van der Waals surface area contributed by atoms with Crippen LogP contribution in [0.15, 0.2) is 152 Å². The highest BCUT2D eigenvalue weighted by atomic mass is 19.2. The largest absolute Gasteiger partial charge is 0.336 e. The van der Waals surface area contributed by atoms with Gasteiger partial charge in [0.2, 0.25) is 0 Å². The molecule has 0 radical (unpaired) electrons. The summed E-state index contributed by atoms with van der Waals surface area (Å²) >= 11 is 0. The fourth-order valence-corrected chi connectivity index (χ4v) is 8.23. The number of anilines is 3. The minimum atomic E-state index is -1.50. The Hall–Kier alpha value is -7.00. The maximum atomic E-state index is 14.3.